The number of nitrogens with one attached hydrogen (secondary N) is 2. The Morgan fingerprint density at radius 1 is 0.833 bits per heavy atom. The molecule has 36 heavy (non-hydrogen) atoms. The number of carbonyl (C=O) groups is 2. The lowest BCUT2D eigenvalue weighted by atomic mass is 10.2. The highest BCUT2D eigenvalue weighted by Crippen LogP contribution is 2.23. The van der Waals surface area contributed by atoms with Crippen molar-refractivity contribution in [2.75, 3.05) is 0 Å². The zero-order valence-corrected chi connectivity index (χ0v) is 20.7. The molecule has 0 bridgehead atoms. The number of amides is 2. The van der Waals surface area contributed by atoms with Crippen LogP contribution in [-0.4, -0.2) is 18.0 Å². The summed E-state index contributed by atoms with van der Waals surface area (Å²) in [5.41, 5.74) is 4.79. The van der Waals surface area contributed by atoms with E-state index in [0.29, 0.717) is 17.1 Å². The van der Waals surface area contributed by atoms with Gasteiger partial charge in [-0.1, -0.05) is 88.7 Å². The second kappa shape index (κ2) is 12.3. The van der Waals surface area contributed by atoms with Crippen LogP contribution in [0.15, 0.2) is 129 Å². The summed E-state index contributed by atoms with van der Waals surface area (Å²) in [5.74, 6) is 0.167. The van der Waals surface area contributed by atoms with Gasteiger partial charge in [0.05, 0.1) is 6.21 Å². The number of rotatable bonds is 8. The summed E-state index contributed by atoms with van der Waals surface area (Å²) in [6.07, 6.45) is 6.45. The van der Waals surface area contributed by atoms with Gasteiger partial charge in [0.15, 0.2) is 0 Å². The van der Waals surface area contributed by atoms with Crippen molar-refractivity contribution in [1.29, 1.82) is 0 Å². The lowest BCUT2D eigenvalue weighted by molar-refractivity contribution is -0.117. The van der Waals surface area contributed by atoms with Crippen LogP contribution in [0.3, 0.4) is 0 Å². The molecule has 1 aromatic heterocycles. The number of allylic oxidation sites excluding steroid dienone is 2. The number of hydrogen-bond donors (Lipinski definition) is 2. The smallest absolute Gasteiger partial charge is 0.287 e. The minimum absolute atomic E-state index is 0.0446. The van der Waals surface area contributed by atoms with Gasteiger partial charge in [0, 0.05) is 15.6 Å². The van der Waals surface area contributed by atoms with Crippen LogP contribution in [0.1, 0.15) is 21.7 Å². The van der Waals surface area contributed by atoms with Crippen molar-refractivity contribution in [2.24, 2.45) is 5.10 Å². The van der Waals surface area contributed by atoms with Crippen LogP contribution in [0.25, 0.3) is 17.4 Å². The zero-order chi connectivity index (χ0) is 25.2. The van der Waals surface area contributed by atoms with Gasteiger partial charge in [-0.05, 0) is 48.0 Å². The molecule has 0 radical (unpaired) electrons. The van der Waals surface area contributed by atoms with Crippen LogP contribution in [-0.2, 0) is 4.79 Å². The number of carbonyl (C=O) groups excluding carboxylic acids is 2. The molecule has 0 spiro atoms. The lowest BCUT2D eigenvalue weighted by Crippen LogP contribution is -2.32. The molecule has 1 heterocycles. The van der Waals surface area contributed by atoms with E-state index in [9.17, 15) is 9.59 Å². The average molecular weight is 540 g/mol. The normalized spacial score (nSPS) is 11.6. The van der Waals surface area contributed by atoms with Gasteiger partial charge >= 0.3 is 0 Å². The molecule has 3 aromatic carbocycles. The number of nitrogens with zero attached hydrogens (tertiary/aromatic N) is 1. The highest BCUT2D eigenvalue weighted by molar-refractivity contribution is 9.10. The quantitative estimate of drug-likeness (QED) is 0.121. The molecule has 0 unspecified atom stereocenters. The fraction of sp³-hybridized carbons (Fsp3) is 0. The van der Waals surface area contributed by atoms with Crippen LogP contribution in [0.4, 0.5) is 0 Å². The molecule has 0 atom stereocenters. The Bertz CT molecular complexity index is 1410. The first kappa shape index (κ1) is 24.6. The number of hydrogen-bond acceptors (Lipinski definition) is 4. The van der Waals surface area contributed by atoms with Crippen LogP contribution in [0, 0.1) is 0 Å². The molecule has 0 saturated heterocycles. The standard InChI is InChI=1S/C29H22BrN3O3/c30-24-16-14-22(15-17-24)27-19-18-25(36-27)20-31-33-29(35)26(13-7-10-21-8-3-1-4-9-21)32-28(34)23-11-5-2-6-12-23/h1-20H,(H,32,34)(H,33,35)/b10-7+,26-13+,31-20-. The number of hydrazone groups is 1. The van der Waals surface area contributed by atoms with Crippen LogP contribution >= 0.6 is 15.9 Å². The maximum Gasteiger partial charge on any atom is 0.287 e. The maximum atomic E-state index is 12.8. The molecule has 178 valence electrons. The van der Waals surface area contributed by atoms with E-state index in [2.05, 4.69) is 31.8 Å². The van der Waals surface area contributed by atoms with Crippen molar-refractivity contribution in [2.45, 2.75) is 0 Å². The molecule has 2 N–H and O–H groups in total. The lowest BCUT2D eigenvalue weighted by Gasteiger charge is -2.08. The van der Waals surface area contributed by atoms with E-state index in [1.165, 1.54) is 12.3 Å². The van der Waals surface area contributed by atoms with E-state index in [1.54, 1.807) is 36.4 Å². The molecule has 0 saturated carbocycles. The van der Waals surface area contributed by atoms with Gasteiger partial charge in [-0.25, -0.2) is 5.43 Å². The van der Waals surface area contributed by atoms with Gasteiger partial charge in [-0.15, -0.1) is 0 Å². The van der Waals surface area contributed by atoms with Crippen molar-refractivity contribution in [3.63, 3.8) is 0 Å². The summed E-state index contributed by atoms with van der Waals surface area (Å²) in [4.78, 5) is 25.5. The molecule has 2 amide bonds. The third kappa shape index (κ3) is 7.01. The summed E-state index contributed by atoms with van der Waals surface area (Å²) < 4.78 is 6.75. The van der Waals surface area contributed by atoms with E-state index in [1.807, 2.05) is 72.8 Å². The van der Waals surface area contributed by atoms with Crippen molar-refractivity contribution < 1.29 is 14.0 Å². The van der Waals surface area contributed by atoms with Gasteiger partial charge in [0.1, 0.15) is 17.2 Å². The maximum absolute atomic E-state index is 12.8. The Morgan fingerprint density at radius 2 is 1.53 bits per heavy atom. The molecular formula is C29H22BrN3O3. The monoisotopic (exact) mass is 539 g/mol. The number of halogens is 1. The fourth-order valence-electron chi connectivity index (χ4n) is 3.18. The fourth-order valence-corrected chi connectivity index (χ4v) is 3.45. The number of benzene rings is 3. The van der Waals surface area contributed by atoms with Crippen LogP contribution in [0.2, 0.25) is 0 Å². The third-order valence-electron chi connectivity index (χ3n) is 4.99. The topological polar surface area (TPSA) is 83.7 Å². The Morgan fingerprint density at radius 3 is 2.25 bits per heavy atom. The average Bonchev–Trinajstić information content (AvgIpc) is 3.38. The summed E-state index contributed by atoms with van der Waals surface area (Å²) >= 11 is 3.41. The predicted octanol–water partition coefficient (Wildman–Crippen LogP) is 6.19. The molecular weight excluding hydrogens is 518 g/mol. The first-order chi connectivity index (χ1) is 17.6. The minimum atomic E-state index is -0.576. The van der Waals surface area contributed by atoms with Gasteiger partial charge in [-0.2, -0.15) is 5.10 Å². The van der Waals surface area contributed by atoms with Crippen molar-refractivity contribution >= 4 is 40.0 Å². The summed E-state index contributed by atoms with van der Waals surface area (Å²) in [7, 11) is 0. The van der Waals surface area contributed by atoms with Crippen LogP contribution < -0.4 is 10.7 Å². The SMILES string of the molecule is O=C(N/N=C\c1ccc(-c2ccc(Br)cc2)o1)/C(=C\C=C\c1ccccc1)NC(=O)c1ccccc1. The zero-order valence-electron chi connectivity index (χ0n) is 19.1. The Kier molecular flexibility index (Phi) is 8.40. The predicted molar refractivity (Wildman–Crippen MR) is 145 cm³/mol. The van der Waals surface area contributed by atoms with E-state index in [0.717, 1.165) is 15.6 Å². The van der Waals surface area contributed by atoms with Crippen molar-refractivity contribution in [1.82, 2.24) is 10.7 Å². The molecule has 0 fully saturated rings. The first-order valence-electron chi connectivity index (χ1n) is 11.1. The van der Waals surface area contributed by atoms with Crippen molar-refractivity contribution in [3.8, 4) is 11.3 Å². The molecule has 7 heteroatoms. The van der Waals surface area contributed by atoms with E-state index in [4.69, 9.17) is 4.42 Å². The van der Waals surface area contributed by atoms with E-state index >= 15 is 0 Å². The third-order valence-corrected chi connectivity index (χ3v) is 5.52. The summed E-state index contributed by atoms with van der Waals surface area (Å²) in [6.45, 7) is 0. The van der Waals surface area contributed by atoms with Gasteiger partial charge in [-0.3, -0.25) is 9.59 Å². The molecule has 0 aliphatic carbocycles. The Labute approximate surface area is 217 Å². The van der Waals surface area contributed by atoms with Gasteiger partial charge < -0.3 is 9.73 Å². The summed E-state index contributed by atoms with van der Waals surface area (Å²) in [6, 6.07) is 29.6. The second-order valence-corrected chi connectivity index (χ2v) is 8.49. The molecule has 4 rings (SSSR count). The molecule has 6 nitrogen and oxygen atoms in total. The van der Waals surface area contributed by atoms with Gasteiger partial charge in [0.2, 0.25) is 0 Å². The Hall–Kier alpha value is -4.49. The molecule has 0 aliphatic rings. The summed E-state index contributed by atoms with van der Waals surface area (Å²) in [5, 5.41) is 6.64. The molecule has 0 aliphatic heterocycles. The van der Waals surface area contributed by atoms with E-state index < -0.39 is 11.8 Å². The van der Waals surface area contributed by atoms with Crippen molar-refractivity contribution in [3.05, 3.63) is 136 Å². The van der Waals surface area contributed by atoms with Gasteiger partial charge in [0.25, 0.3) is 11.8 Å². The largest absolute Gasteiger partial charge is 0.455 e. The highest BCUT2D eigenvalue weighted by Gasteiger charge is 2.13. The molecule has 4 aromatic rings. The van der Waals surface area contributed by atoms with E-state index in [-0.39, 0.29) is 5.70 Å². The highest BCUT2D eigenvalue weighted by atomic mass is 79.9. The second-order valence-electron chi connectivity index (χ2n) is 7.58. The minimum Gasteiger partial charge on any atom is -0.455 e. The number of furan rings is 1. The Balaban J connectivity index is 1.46. The first-order valence-corrected chi connectivity index (χ1v) is 11.9. The van der Waals surface area contributed by atoms with Crippen LogP contribution in [0.5, 0.6) is 0 Å².